The molecule has 2 fully saturated rings. The van der Waals surface area contributed by atoms with Gasteiger partial charge in [0.05, 0.1) is 18.2 Å². The second kappa shape index (κ2) is 2.94. The molecule has 2 aliphatic heterocycles. The van der Waals surface area contributed by atoms with Crippen LogP contribution in [0.5, 0.6) is 0 Å². The number of ether oxygens (including phenoxy) is 2. The quantitative estimate of drug-likeness (QED) is 0.630. The van der Waals surface area contributed by atoms with E-state index in [0.29, 0.717) is 12.7 Å². The average molecular weight is 171 g/mol. The van der Waals surface area contributed by atoms with Crippen LogP contribution in [0.25, 0.3) is 0 Å². The minimum absolute atomic E-state index is 0.0717. The molecule has 4 nitrogen and oxygen atoms in total. The summed E-state index contributed by atoms with van der Waals surface area (Å²) in [6.07, 6.45) is 2.27. The number of hydrogen-bond acceptors (Lipinski definition) is 3. The molecule has 0 aliphatic carbocycles. The highest BCUT2D eigenvalue weighted by Gasteiger charge is 2.35. The van der Waals surface area contributed by atoms with Crippen molar-refractivity contribution in [3.8, 4) is 0 Å². The topological polar surface area (TPSA) is 47.6 Å². The van der Waals surface area contributed by atoms with Crippen molar-refractivity contribution in [1.29, 1.82) is 0 Å². The lowest BCUT2D eigenvalue weighted by molar-refractivity contribution is 0.0337. The summed E-state index contributed by atoms with van der Waals surface area (Å²) in [5, 5.41) is 2.73. The Morgan fingerprint density at radius 1 is 1.50 bits per heavy atom. The van der Waals surface area contributed by atoms with Crippen LogP contribution in [0.2, 0.25) is 0 Å². The van der Waals surface area contributed by atoms with Gasteiger partial charge >= 0.3 is 6.09 Å². The predicted octanol–water partition coefficient (Wildman–Crippen LogP) is 0.662. The van der Waals surface area contributed by atoms with Crippen molar-refractivity contribution < 1.29 is 14.3 Å². The van der Waals surface area contributed by atoms with Gasteiger partial charge in [-0.05, 0) is 19.8 Å². The van der Waals surface area contributed by atoms with Crippen LogP contribution < -0.4 is 5.32 Å². The Balaban J connectivity index is 1.89. The summed E-state index contributed by atoms with van der Waals surface area (Å²) in [5.41, 5.74) is 0. The lowest BCUT2D eigenvalue weighted by Crippen LogP contribution is -2.37. The van der Waals surface area contributed by atoms with Crippen LogP contribution in [-0.2, 0) is 9.47 Å². The first-order valence-corrected chi connectivity index (χ1v) is 4.34. The van der Waals surface area contributed by atoms with Crippen LogP contribution in [0, 0.1) is 0 Å². The molecule has 0 aromatic rings. The van der Waals surface area contributed by atoms with E-state index in [4.69, 9.17) is 9.47 Å². The molecule has 0 saturated carbocycles. The first-order valence-electron chi connectivity index (χ1n) is 4.34. The Labute approximate surface area is 71.2 Å². The Morgan fingerprint density at radius 3 is 2.83 bits per heavy atom. The number of alkyl carbamates (subject to hydrolysis) is 1. The standard InChI is InChI=1S/C8H13NO3/c1-5-2-3-7(12-5)6-4-11-8(10)9-6/h5-7H,2-4H2,1H3,(H,9,10). The third-order valence-corrected chi connectivity index (χ3v) is 2.41. The van der Waals surface area contributed by atoms with Gasteiger partial charge in [0, 0.05) is 0 Å². The summed E-state index contributed by atoms with van der Waals surface area (Å²) in [7, 11) is 0. The summed E-state index contributed by atoms with van der Waals surface area (Å²) in [6.45, 7) is 2.51. The molecule has 0 aromatic carbocycles. The smallest absolute Gasteiger partial charge is 0.407 e. The van der Waals surface area contributed by atoms with Gasteiger partial charge in [-0.25, -0.2) is 4.79 Å². The van der Waals surface area contributed by atoms with Gasteiger partial charge in [0.15, 0.2) is 0 Å². The van der Waals surface area contributed by atoms with Gasteiger partial charge < -0.3 is 14.8 Å². The van der Waals surface area contributed by atoms with Gasteiger partial charge in [-0.3, -0.25) is 0 Å². The fourth-order valence-corrected chi connectivity index (χ4v) is 1.73. The maximum atomic E-state index is 10.7. The van der Waals surface area contributed by atoms with Crippen molar-refractivity contribution in [1.82, 2.24) is 5.32 Å². The summed E-state index contributed by atoms with van der Waals surface area (Å²) in [4.78, 5) is 10.7. The Bertz CT molecular complexity index is 195. The van der Waals surface area contributed by atoms with Gasteiger partial charge in [-0.2, -0.15) is 0 Å². The highest BCUT2D eigenvalue weighted by molar-refractivity contribution is 5.69. The third-order valence-electron chi connectivity index (χ3n) is 2.41. The molecular formula is C8H13NO3. The summed E-state index contributed by atoms with van der Waals surface area (Å²) in [6, 6.07) is 0.0717. The van der Waals surface area contributed by atoms with Crippen molar-refractivity contribution in [3.63, 3.8) is 0 Å². The van der Waals surface area contributed by atoms with Crippen LogP contribution in [0.15, 0.2) is 0 Å². The number of rotatable bonds is 1. The monoisotopic (exact) mass is 171 g/mol. The summed E-state index contributed by atoms with van der Waals surface area (Å²) in [5.74, 6) is 0. The Hall–Kier alpha value is -0.770. The second-order valence-electron chi connectivity index (χ2n) is 3.41. The predicted molar refractivity (Wildman–Crippen MR) is 41.8 cm³/mol. The zero-order chi connectivity index (χ0) is 8.55. The van der Waals surface area contributed by atoms with Crippen molar-refractivity contribution in [2.45, 2.75) is 38.0 Å². The first-order chi connectivity index (χ1) is 5.75. The van der Waals surface area contributed by atoms with Crippen LogP contribution in [0.4, 0.5) is 4.79 Å². The molecule has 3 unspecified atom stereocenters. The number of nitrogens with one attached hydrogen (secondary N) is 1. The number of amides is 1. The van der Waals surface area contributed by atoms with E-state index in [9.17, 15) is 4.79 Å². The summed E-state index contributed by atoms with van der Waals surface area (Å²) < 4.78 is 10.4. The fraction of sp³-hybridized carbons (Fsp3) is 0.875. The molecule has 2 aliphatic rings. The van der Waals surface area contributed by atoms with E-state index < -0.39 is 0 Å². The molecule has 68 valence electrons. The van der Waals surface area contributed by atoms with Crippen molar-refractivity contribution in [2.24, 2.45) is 0 Å². The molecule has 2 heterocycles. The molecule has 0 aromatic heterocycles. The molecule has 12 heavy (non-hydrogen) atoms. The molecule has 0 radical (unpaired) electrons. The minimum Gasteiger partial charge on any atom is -0.447 e. The fourth-order valence-electron chi connectivity index (χ4n) is 1.73. The molecule has 2 rings (SSSR count). The van der Waals surface area contributed by atoms with Crippen LogP contribution in [0.3, 0.4) is 0 Å². The third kappa shape index (κ3) is 1.39. The number of cyclic esters (lactones) is 1. The van der Waals surface area contributed by atoms with Crippen LogP contribution >= 0.6 is 0 Å². The highest BCUT2D eigenvalue weighted by atomic mass is 16.6. The maximum absolute atomic E-state index is 10.7. The van der Waals surface area contributed by atoms with Gasteiger partial charge in [0.2, 0.25) is 0 Å². The molecule has 1 N–H and O–H groups in total. The number of carbonyl (C=O) groups is 1. The van der Waals surface area contributed by atoms with E-state index in [0.717, 1.165) is 12.8 Å². The Morgan fingerprint density at radius 2 is 2.33 bits per heavy atom. The zero-order valence-corrected chi connectivity index (χ0v) is 7.08. The number of hydrogen-bond donors (Lipinski definition) is 1. The largest absolute Gasteiger partial charge is 0.447 e. The molecule has 3 atom stereocenters. The lowest BCUT2D eigenvalue weighted by Gasteiger charge is -2.15. The number of carbonyl (C=O) groups excluding carboxylic acids is 1. The molecular weight excluding hydrogens is 158 g/mol. The second-order valence-corrected chi connectivity index (χ2v) is 3.41. The molecule has 0 bridgehead atoms. The zero-order valence-electron chi connectivity index (χ0n) is 7.08. The van der Waals surface area contributed by atoms with Crippen LogP contribution in [0.1, 0.15) is 19.8 Å². The van der Waals surface area contributed by atoms with Gasteiger partial charge in [0.25, 0.3) is 0 Å². The van der Waals surface area contributed by atoms with Gasteiger partial charge in [-0.1, -0.05) is 0 Å². The van der Waals surface area contributed by atoms with Crippen molar-refractivity contribution in [3.05, 3.63) is 0 Å². The molecule has 2 saturated heterocycles. The first kappa shape index (κ1) is 7.86. The molecule has 1 amide bonds. The van der Waals surface area contributed by atoms with E-state index in [1.807, 2.05) is 0 Å². The summed E-state index contributed by atoms with van der Waals surface area (Å²) >= 11 is 0. The average Bonchev–Trinajstić information content (AvgIpc) is 2.58. The van der Waals surface area contributed by atoms with Crippen molar-refractivity contribution >= 4 is 6.09 Å². The van der Waals surface area contributed by atoms with Crippen molar-refractivity contribution in [2.75, 3.05) is 6.61 Å². The molecule has 0 spiro atoms. The van der Waals surface area contributed by atoms with E-state index in [2.05, 4.69) is 12.2 Å². The highest BCUT2D eigenvalue weighted by Crippen LogP contribution is 2.23. The lowest BCUT2D eigenvalue weighted by atomic mass is 10.1. The minimum atomic E-state index is -0.317. The normalized spacial score (nSPS) is 41.1. The van der Waals surface area contributed by atoms with Gasteiger partial charge in [-0.15, -0.1) is 0 Å². The van der Waals surface area contributed by atoms with E-state index in [1.54, 1.807) is 0 Å². The SMILES string of the molecule is CC1CCC(C2COC(=O)N2)O1. The van der Waals surface area contributed by atoms with E-state index in [-0.39, 0.29) is 18.2 Å². The Kier molecular flexibility index (Phi) is 1.92. The molecule has 4 heteroatoms. The van der Waals surface area contributed by atoms with Crippen LogP contribution in [-0.4, -0.2) is 30.9 Å². The van der Waals surface area contributed by atoms with Gasteiger partial charge in [0.1, 0.15) is 6.61 Å². The maximum Gasteiger partial charge on any atom is 0.407 e. The van der Waals surface area contributed by atoms with E-state index >= 15 is 0 Å². The van der Waals surface area contributed by atoms with E-state index in [1.165, 1.54) is 0 Å².